The number of H-pyrrole nitrogens is 1. The Morgan fingerprint density at radius 3 is 2.67 bits per heavy atom. The Morgan fingerprint density at radius 2 is 2.05 bits per heavy atom. The van der Waals surface area contributed by atoms with E-state index in [4.69, 9.17) is 4.74 Å². The lowest BCUT2D eigenvalue weighted by Crippen LogP contribution is -2.50. The summed E-state index contributed by atoms with van der Waals surface area (Å²) < 4.78 is 4.70. The lowest BCUT2D eigenvalue weighted by molar-refractivity contribution is -0.124. The summed E-state index contributed by atoms with van der Waals surface area (Å²) >= 11 is 0. The molecule has 7 heteroatoms. The van der Waals surface area contributed by atoms with Crippen molar-refractivity contribution in [1.29, 1.82) is 0 Å². The summed E-state index contributed by atoms with van der Waals surface area (Å²) in [7, 11) is 1.29. The van der Waals surface area contributed by atoms with Crippen LogP contribution in [0.15, 0.2) is 0 Å². The molecule has 1 fully saturated rings. The van der Waals surface area contributed by atoms with Gasteiger partial charge in [-0.15, -0.1) is 0 Å². The molecule has 1 aromatic rings. The van der Waals surface area contributed by atoms with Gasteiger partial charge < -0.3 is 20.4 Å². The van der Waals surface area contributed by atoms with Gasteiger partial charge in [-0.3, -0.25) is 9.59 Å². The van der Waals surface area contributed by atoms with Crippen molar-refractivity contribution in [2.45, 2.75) is 32.7 Å². The SMILES string of the molecule is COC(=O)c1c(C)[nH]c(C(=O)N[C@H]2CCCNC2=O)c1C. The van der Waals surface area contributed by atoms with Crippen LogP contribution in [-0.2, 0) is 9.53 Å². The van der Waals surface area contributed by atoms with Gasteiger partial charge in [0.1, 0.15) is 11.7 Å². The van der Waals surface area contributed by atoms with Crippen LogP contribution >= 0.6 is 0 Å². The summed E-state index contributed by atoms with van der Waals surface area (Å²) in [6.45, 7) is 4.01. The van der Waals surface area contributed by atoms with Crippen LogP contribution in [0.3, 0.4) is 0 Å². The summed E-state index contributed by atoms with van der Waals surface area (Å²) in [4.78, 5) is 38.5. The molecule has 1 saturated heterocycles. The first-order valence-corrected chi connectivity index (χ1v) is 6.81. The monoisotopic (exact) mass is 293 g/mol. The summed E-state index contributed by atoms with van der Waals surface area (Å²) in [6, 6.07) is -0.532. The first-order valence-electron chi connectivity index (χ1n) is 6.81. The molecule has 0 aliphatic carbocycles. The summed E-state index contributed by atoms with van der Waals surface area (Å²) in [5.41, 5.74) is 1.73. The molecule has 2 rings (SSSR count). The number of aromatic amines is 1. The average Bonchev–Trinajstić information content (AvgIpc) is 2.76. The minimum absolute atomic E-state index is 0.177. The van der Waals surface area contributed by atoms with Crippen LogP contribution < -0.4 is 10.6 Å². The summed E-state index contributed by atoms with van der Waals surface area (Å²) in [6.07, 6.45) is 1.44. The van der Waals surface area contributed by atoms with Crippen molar-refractivity contribution < 1.29 is 19.1 Å². The van der Waals surface area contributed by atoms with Crippen molar-refractivity contribution in [3.05, 3.63) is 22.5 Å². The minimum atomic E-state index is -0.532. The van der Waals surface area contributed by atoms with Crippen LogP contribution in [0.4, 0.5) is 0 Å². The quantitative estimate of drug-likeness (QED) is 0.703. The van der Waals surface area contributed by atoms with Crippen LogP contribution in [0.1, 0.15) is 44.9 Å². The van der Waals surface area contributed by atoms with Crippen LogP contribution in [0.5, 0.6) is 0 Å². The highest BCUT2D eigenvalue weighted by atomic mass is 16.5. The molecule has 1 atom stereocenters. The maximum Gasteiger partial charge on any atom is 0.339 e. The Labute approximate surface area is 122 Å². The Balaban J connectivity index is 2.20. The molecule has 0 radical (unpaired) electrons. The molecule has 114 valence electrons. The molecule has 1 aromatic heterocycles. The van der Waals surface area contributed by atoms with E-state index in [1.54, 1.807) is 13.8 Å². The first-order chi connectivity index (χ1) is 9.95. The van der Waals surface area contributed by atoms with Gasteiger partial charge in [0.15, 0.2) is 0 Å². The van der Waals surface area contributed by atoms with Gasteiger partial charge in [-0.25, -0.2) is 4.79 Å². The largest absolute Gasteiger partial charge is 0.465 e. The molecular formula is C14H19N3O4. The molecule has 0 unspecified atom stereocenters. The number of aromatic nitrogens is 1. The molecular weight excluding hydrogens is 274 g/mol. The van der Waals surface area contributed by atoms with Crippen molar-refractivity contribution in [3.63, 3.8) is 0 Å². The maximum atomic E-state index is 12.3. The number of amides is 2. The molecule has 1 aliphatic rings. The fourth-order valence-electron chi connectivity index (χ4n) is 2.53. The van der Waals surface area contributed by atoms with Crippen LogP contribution in [0.25, 0.3) is 0 Å². The van der Waals surface area contributed by atoms with Crippen molar-refractivity contribution in [1.82, 2.24) is 15.6 Å². The van der Waals surface area contributed by atoms with Gasteiger partial charge in [0.2, 0.25) is 5.91 Å². The highest BCUT2D eigenvalue weighted by molar-refractivity contribution is 6.02. The highest BCUT2D eigenvalue weighted by Gasteiger charge is 2.27. The number of carbonyl (C=O) groups excluding carboxylic acids is 3. The second-order valence-electron chi connectivity index (χ2n) is 5.08. The number of hydrogen-bond donors (Lipinski definition) is 3. The van der Waals surface area contributed by atoms with Gasteiger partial charge in [-0.2, -0.15) is 0 Å². The Hall–Kier alpha value is -2.31. The number of ether oxygens (including phenoxy) is 1. The van der Waals surface area contributed by atoms with E-state index in [2.05, 4.69) is 15.6 Å². The predicted molar refractivity (Wildman–Crippen MR) is 75.1 cm³/mol. The van der Waals surface area contributed by atoms with Gasteiger partial charge in [-0.1, -0.05) is 0 Å². The molecule has 0 bridgehead atoms. The smallest absolute Gasteiger partial charge is 0.339 e. The first kappa shape index (κ1) is 15.1. The van der Waals surface area contributed by atoms with Crippen molar-refractivity contribution in [2.75, 3.05) is 13.7 Å². The molecule has 21 heavy (non-hydrogen) atoms. The lowest BCUT2D eigenvalue weighted by Gasteiger charge is -2.22. The number of carbonyl (C=O) groups is 3. The number of hydrogen-bond acceptors (Lipinski definition) is 4. The Morgan fingerprint density at radius 1 is 1.33 bits per heavy atom. The molecule has 0 saturated carbocycles. The van der Waals surface area contributed by atoms with E-state index in [0.29, 0.717) is 29.8 Å². The fraction of sp³-hybridized carbons (Fsp3) is 0.500. The van der Waals surface area contributed by atoms with E-state index in [1.165, 1.54) is 7.11 Å². The molecule has 2 amide bonds. The normalized spacial score (nSPS) is 18.0. The molecule has 7 nitrogen and oxygen atoms in total. The third-order valence-corrected chi connectivity index (χ3v) is 3.64. The van der Waals surface area contributed by atoms with E-state index in [9.17, 15) is 14.4 Å². The number of aryl methyl sites for hydroxylation is 1. The molecule has 3 N–H and O–H groups in total. The number of rotatable bonds is 3. The fourth-order valence-corrected chi connectivity index (χ4v) is 2.53. The second kappa shape index (κ2) is 5.99. The molecule has 2 heterocycles. The van der Waals surface area contributed by atoms with Gasteiger partial charge in [0.25, 0.3) is 5.91 Å². The zero-order chi connectivity index (χ0) is 15.6. The number of esters is 1. The third-order valence-electron chi connectivity index (χ3n) is 3.64. The summed E-state index contributed by atoms with van der Waals surface area (Å²) in [5, 5.41) is 5.40. The standard InChI is InChI=1S/C14H19N3O4/c1-7-10(14(20)21-3)8(2)16-11(7)13(19)17-9-5-4-6-15-12(9)18/h9,16H,4-6H2,1-3H3,(H,15,18)(H,17,19)/t9-/m0/s1. The van der Waals surface area contributed by atoms with Gasteiger partial charge >= 0.3 is 5.97 Å². The molecule has 0 spiro atoms. The maximum absolute atomic E-state index is 12.3. The van der Waals surface area contributed by atoms with Crippen molar-refractivity contribution >= 4 is 17.8 Å². The van der Waals surface area contributed by atoms with E-state index >= 15 is 0 Å². The number of piperidine rings is 1. The number of nitrogens with one attached hydrogen (secondary N) is 3. The molecule has 0 aromatic carbocycles. The van der Waals surface area contributed by atoms with Crippen molar-refractivity contribution in [2.24, 2.45) is 0 Å². The lowest BCUT2D eigenvalue weighted by atomic mass is 10.1. The second-order valence-corrected chi connectivity index (χ2v) is 5.08. The van der Waals surface area contributed by atoms with E-state index in [1.807, 2.05) is 0 Å². The minimum Gasteiger partial charge on any atom is -0.465 e. The van der Waals surface area contributed by atoms with Crippen LogP contribution in [-0.4, -0.2) is 42.5 Å². The van der Waals surface area contributed by atoms with Crippen molar-refractivity contribution in [3.8, 4) is 0 Å². The molecule has 1 aliphatic heterocycles. The number of methoxy groups -OCH3 is 1. The van der Waals surface area contributed by atoms with E-state index in [0.717, 1.165) is 6.42 Å². The van der Waals surface area contributed by atoms with E-state index in [-0.39, 0.29) is 11.6 Å². The van der Waals surface area contributed by atoms with Gasteiger partial charge in [-0.05, 0) is 32.3 Å². The zero-order valence-electron chi connectivity index (χ0n) is 12.3. The highest BCUT2D eigenvalue weighted by Crippen LogP contribution is 2.19. The van der Waals surface area contributed by atoms with Crippen LogP contribution in [0, 0.1) is 13.8 Å². The van der Waals surface area contributed by atoms with Gasteiger partial charge in [0, 0.05) is 12.2 Å². The van der Waals surface area contributed by atoms with Gasteiger partial charge in [0.05, 0.1) is 12.7 Å². The summed E-state index contributed by atoms with van der Waals surface area (Å²) in [5.74, 6) is -1.06. The van der Waals surface area contributed by atoms with Crippen LogP contribution in [0.2, 0.25) is 0 Å². The topological polar surface area (TPSA) is 100 Å². The van der Waals surface area contributed by atoms with E-state index < -0.39 is 17.9 Å². The third kappa shape index (κ3) is 2.91. The Kier molecular flexibility index (Phi) is 4.30. The average molecular weight is 293 g/mol. The zero-order valence-corrected chi connectivity index (χ0v) is 12.3. The predicted octanol–water partition coefficient (Wildman–Crippen LogP) is 0.427. The Bertz CT molecular complexity index is 591.